The van der Waals surface area contributed by atoms with Gasteiger partial charge in [0.05, 0.1) is 30.5 Å². The number of carbonyl (C=O) groups is 2. The Morgan fingerprint density at radius 2 is 2.00 bits per heavy atom. The first-order chi connectivity index (χ1) is 14.0. The van der Waals surface area contributed by atoms with Gasteiger partial charge in [0, 0.05) is 18.2 Å². The third-order valence-corrected chi connectivity index (χ3v) is 5.14. The van der Waals surface area contributed by atoms with Crippen LogP contribution < -0.4 is 5.56 Å². The zero-order valence-electron chi connectivity index (χ0n) is 16.4. The quantitative estimate of drug-likeness (QED) is 0.521. The molecule has 1 N–H and O–H groups in total. The molecule has 2 heterocycles. The number of aromatic nitrogens is 3. The highest BCUT2D eigenvalue weighted by atomic mass is 16.5. The average Bonchev–Trinajstić information content (AvgIpc) is 3.30. The number of hydrogen-bond acceptors (Lipinski definition) is 6. The number of fused-ring (bicyclic) bond motifs is 5. The zero-order valence-corrected chi connectivity index (χ0v) is 16.4. The molecule has 0 spiro atoms. The fourth-order valence-electron chi connectivity index (χ4n) is 3.81. The Morgan fingerprint density at radius 1 is 1.24 bits per heavy atom. The second-order valence-corrected chi connectivity index (χ2v) is 6.84. The number of nitrogens with zero attached hydrogens (tertiary/aromatic N) is 2. The first-order valence-electron chi connectivity index (χ1n) is 9.56. The lowest BCUT2D eigenvalue weighted by atomic mass is 9.93. The van der Waals surface area contributed by atoms with Crippen LogP contribution >= 0.6 is 0 Å². The molecule has 1 atom stereocenters. The molecular weight excluding hydrogens is 374 g/mol. The van der Waals surface area contributed by atoms with Crippen LogP contribution in [-0.2, 0) is 20.7 Å². The van der Waals surface area contributed by atoms with Crippen LogP contribution in [0.5, 0.6) is 0 Å². The minimum absolute atomic E-state index is 0.0850. The average molecular weight is 395 g/mol. The number of hydrogen-bond donors (Lipinski definition) is 1. The summed E-state index contributed by atoms with van der Waals surface area (Å²) in [5, 5.41) is 0. The summed E-state index contributed by atoms with van der Waals surface area (Å²) in [6, 6.07) is 5.67. The molecule has 2 aromatic heterocycles. The number of nitrogens with one attached hydrogen (secondary N) is 1. The number of ether oxygens (including phenoxy) is 2. The van der Waals surface area contributed by atoms with Crippen molar-refractivity contribution >= 4 is 17.6 Å². The zero-order chi connectivity index (χ0) is 20.7. The fourth-order valence-corrected chi connectivity index (χ4v) is 3.81. The van der Waals surface area contributed by atoms with E-state index in [4.69, 9.17) is 9.47 Å². The smallest absolute Gasteiger partial charge is 0.358 e. The Labute approximate surface area is 166 Å². The second-order valence-electron chi connectivity index (χ2n) is 6.84. The highest BCUT2D eigenvalue weighted by Crippen LogP contribution is 2.39. The van der Waals surface area contributed by atoms with Crippen LogP contribution in [-0.4, -0.2) is 39.5 Å². The predicted octanol–water partition coefficient (Wildman–Crippen LogP) is 2.44. The molecule has 29 heavy (non-hydrogen) atoms. The van der Waals surface area contributed by atoms with Gasteiger partial charge in [0.1, 0.15) is 0 Å². The molecular formula is C21H21N3O5. The van der Waals surface area contributed by atoms with Crippen LogP contribution in [0.25, 0.3) is 16.9 Å². The number of imidazole rings is 1. The first kappa shape index (κ1) is 18.9. The summed E-state index contributed by atoms with van der Waals surface area (Å²) in [5.74, 6) is -1.29. The van der Waals surface area contributed by atoms with Crippen LogP contribution in [0.1, 0.15) is 54.0 Å². The molecule has 1 aromatic carbocycles. The van der Waals surface area contributed by atoms with Crippen molar-refractivity contribution in [3.63, 3.8) is 0 Å². The van der Waals surface area contributed by atoms with Crippen molar-refractivity contribution in [2.24, 2.45) is 0 Å². The normalized spacial score (nSPS) is 13.1. The molecule has 0 saturated carbocycles. The largest absolute Gasteiger partial charge is 0.466 e. The molecule has 1 aliphatic carbocycles. The molecule has 0 saturated heterocycles. The number of carbonyl (C=O) groups excluding carboxylic acids is 2. The van der Waals surface area contributed by atoms with Gasteiger partial charge < -0.3 is 14.5 Å². The van der Waals surface area contributed by atoms with Gasteiger partial charge in [-0.05, 0) is 31.9 Å². The minimum Gasteiger partial charge on any atom is -0.466 e. The van der Waals surface area contributed by atoms with Crippen molar-refractivity contribution in [1.82, 2.24) is 14.4 Å². The van der Waals surface area contributed by atoms with E-state index in [1.807, 2.05) is 25.1 Å². The summed E-state index contributed by atoms with van der Waals surface area (Å²) in [5.41, 5.74) is 3.98. The van der Waals surface area contributed by atoms with Gasteiger partial charge in [0.15, 0.2) is 5.69 Å². The van der Waals surface area contributed by atoms with E-state index in [9.17, 15) is 14.4 Å². The van der Waals surface area contributed by atoms with E-state index in [-0.39, 0.29) is 23.9 Å². The Balaban J connectivity index is 1.84. The Kier molecular flexibility index (Phi) is 4.70. The van der Waals surface area contributed by atoms with Gasteiger partial charge in [-0.1, -0.05) is 18.2 Å². The van der Waals surface area contributed by atoms with E-state index < -0.39 is 17.4 Å². The number of esters is 2. The van der Waals surface area contributed by atoms with Crippen LogP contribution in [0.15, 0.2) is 29.2 Å². The maximum Gasteiger partial charge on any atom is 0.358 e. The van der Waals surface area contributed by atoms with E-state index >= 15 is 0 Å². The topological polar surface area (TPSA) is 103 Å². The highest BCUT2D eigenvalue weighted by molar-refractivity contribution is 5.88. The third kappa shape index (κ3) is 3.00. The molecule has 8 heteroatoms. The molecule has 0 bridgehead atoms. The summed E-state index contributed by atoms with van der Waals surface area (Å²) < 4.78 is 11.8. The van der Waals surface area contributed by atoms with E-state index in [2.05, 4.69) is 9.97 Å². The summed E-state index contributed by atoms with van der Waals surface area (Å²) in [7, 11) is 0. The maximum atomic E-state index is 12.6. The lowest BCUT2D eigenvalue weighted by Gasteiger charge is -2.14. The monoisotopic (exact) mass is 395 g/mol. The van der Waals surface area contributed by atoms with Crippen molar-refractivity contribution in [2.75, 3.05) is 13.2 Å². The Morgan fingerprint density at radius 3 is 2.72 bits per heavy atom. The van der Waals surface area contributed by atoms with Gasteiger partial charge >= 0.3 is 11.9 Å². The standard InChI is InChI=1S/C21H21N3O5/c1-4-28-20(26)11(3)12-7-6-8-13-14(12)9-16-17(13)23-19(25)18-22-15(10-24(16)18)21(27)29-5-2/h6-8,10-11H,4-5,9H2,1-3H3,(H,23,25). The number of benzene rings is 1. The van der Waals surface area contributed by atoms with Crippen molar-refractivity contribution in [3.05, 3.63) is 57.3 Å². The van der Waals surface area contributed by atoms with Crippen molar-refractivity contribution in [2.45, 2.75) is 33.1 Å². The fraction of sp³-hybridized carbons (Fsp3) is 0.333. The van der Waals surface area contributed by atoms with E-state index in [1.54, 1.807) is 18.2 Å². The molecule has 1 unspecified atom stereocenters. The molecule has 0 radical (unpaired) electrons. The number of rotatable bonds is 5. The first-order valence-corrected chi connectivity index (χ1v) is 9.56. The lowest BCUT2D eigenvalue weighted by molar-refractivity contribution is -0.144. The SMILES string of the molecule is CCOC(=O)c1cn2c3c([nH]c(=O)c2n1)-c1cccc(C(C)C(=O)OCC)c1C3. The van der Waals surface area contributed by atoms with Gasteiger partial charge in [-0.2, -0.15) is 0 Å². The summed E-state index contributed by atoms with van der Waals surface area (Å²) >= 11 is 0. The summed E-state index contributed by atoms with van der Waals surface area (Å²) in [4.78, 5) is 44.0. The van der Waals surface area contributed by atoms with Gasteiger partial charge in [0.2, 0.25) is 5.65 Å². The molecule has 0 fully saturated rings. The van der Waals surface area contributed by atoms with Crippen LogP contribution in [0.3, 0.4) is 0 Å². The van der Waals surface area contributed by atoms with Crippen molar-refractivity contribution in [3.8, 4) is 11.3 Å². The molecule has 0 amide bonds. The highest BCUT2D eigenvalue weighted by Gasteiger charge is 2.29. The molecule has 1 aliphatic rings. The maximum absolute atomic E-state index is 12.6. The second kappa shape index (κ2) is 7.20. The predicted molar refractivity (Wildman–Crippen MR) is 105 cm³/mol. The van der Waals surface area contributed by atoms with Crippen LogP contribution in [0.4, 0.5) is 0 Å². The minimum atomic E-state index is -0.573. The molecule has 0 aliphatic heterocycles. The Bertz CT molecular complexity index is 1190. The van der Waals surface area contributed by atoms with Crippen LogP contribution in [0.2, 0.25) is 0 Å². The molecule has 8 nitrogen and oxygen atoms in total. The van der Waals surface area contributed by atoms with Crippen LogP contribution in [0, 0.1) is 0 Å². The van der Waals surface area contributed by atoms with Gasteiger partial charge in [-0.15, -0.1) is 0 Å². The van der Waals surface area contributed by atoms with Gasteiger partial charge in [-0.3, -0.25) is 14.0 Å². The van der Waals surface area contributed by atoms with E-state index in [1.165, 1.54) is 6.20 Å². The summed E-state index contributed by atoms with van der Waals surface area (Å²) in [6.45, 7) is 5.84. The number of aromatic amines is 1. The number of H-pyrrole nitrogens is 1. The van der Waals surface area contributed by atoms with Gasteiger partial charge in [0.25, 0.3) is 5.56 Å². The van der Waals surface area contributed by atoms with Gasteiger partial charge in [-0.25, -0.2) is 9.78 Å². The molecule has 3 aromatic rings. The van der Waals surface area contributed by atoms with Crippen molar-refractivity contribution < 1.29 is 19.1 Å². The van der Waals surface area contributed by atoms with E-state index in [0.29, 0.717) is 18.7 Å². The summed E-state index contributed by atoms with van der Waals surface area (Å²) in [6.07, 6.45) is 2.03. The molecule has 150 valence electrons. The third-order valence-electron chi connectivity index (χ3n) is 5.14. The lowest BCUT2D eigenvalue weighted by Crippen LogP contribution is -2.14. The Hall–Kier alpha value is -3.42. The van der Waals surface area contributed by atoms with E-state index in [0.717, 1.165) is 22.4 Å². The molecule has 4 rings (SSSR count). The van der Waals surface area contributed by atoms with Crippen molar-refractivity contribution in [1.29, 1.82) is 0 Å².